The van der Waals surface area contributed by atoms with E-state index in [4.69, 9.17) is 0 Å². The Morgan fingerprint density at radius 3 is 2.76 bits per heavy atom. The van der Waals surface area contributed by atoms with Gasteiger partial charge < -0.3 is 5.32 Å². The van der Waals surface area contributed by atoms with Crippen molar-refractivity contribution >= 4 is 27.5 Å². The zero-order chi connectivity index (χ0) is 15.5. The fraction of sp³-hybridized carbons (Fsp3) is 0.500. The predicted molar refractivity (Wildman–Crippen MR) is 78.0 cm³/mol. The fourth-order valence-corrected chi connectivity index (χ4v) is 2.81. The van der Waals surface area contributed by atoms with Crippen molar-refractivity contribution in [3.63, 3.8) is 0 Å². The van der Waals surface area contributed by atoms with E-state index in [1.807, 2.05) is 6.07 Å². The lowest BCUT2D eigenvalue weighted by molar-refractivity contribution is -0.186. The highest BCUT2D eigenvalue weighted by Crippen LogP contribution is 2.33. The summed E-state index contributed by atoms with van der Waals surface area (Å²) >= 11 is 3.31. The molecule has 116 valence electrons. The lowest BCUT2D eigenvalue weighted by Crippen LogP contribution is -2.44. The Balaban J connectivity index is 1.89. The third-order valence-corrected chi connectivity index (χ3v) is 4.18. The quantitative estimate of drug-likeness (QED) is 0.887. The Morgan fingerprint density at radius 2 is 2.10 bits per heavy atom. The molecule has 0 bridgehead atoms. The maximum atomic E-state index is 12.7. The number of nitrogens with one attached hydrogen (secondary N) is 1. The molecule has 0 aromatic heterocycles. The summed E-state index contributed by atoms with van der Waals surface area (Å²) in [5.41, 5.74) is 0.617. The number of benzene rings is 1. The number of likely N-dealkylation sites (tertiary alicyclic amines) is 1. The van der Waals surface area contributed by atoms with Gasteiger partial charge in [0.25, 0.3) is 0 Å². The van der Waals surface area contributed by atoms with Crippen molar-refractivity contribution in [2.75, 3.05) is 25.0 Å². The number of carbonyl (C=O) groups excluding carboxylic acids is 1. The molecule has 0 radical (unpaired) electrons. The summed E-state index contributed by atoms with van der Waals surface area (Å²) in [6.07, 6.45) is -3.57. The van der Waals surface area contributed by atoms with E-state index in [0.29, 0.717) is 18.7 Å². The van der Waals surface area contributed by atoms with Crippen LogP contribution in [0.4, 0.5) is 18.9 Å². The minimum Gasteiger partial charge on any atom is -0.324 e. The molecule has 1 aromatic carbocycles. The number of rotatable bonds is 3. The number of amides is 1. The van der Waals surface area contributed by atoms with E-state index in [1.165, 1.54) is 0 Å². The molecule has 0 aliphatic carbocycles. The smallest absolute Gasteiger partial charge is 0.324 e. The number of anilines is 1. The third-order valence-electron chi connectivity index (χ3n) is 3.48. The van der Waals surface area contributed by atoms with Crippen molar-refractivity contribution in [2.24, 2.45) is 5.92 Å². The van der Waals surface area contributed by atoms with Gasteiger partial charge in [0, 0.05) is 11.0 Å². The number of para-hydroxylation sites is 1. The molecule has 0 saturated carbocycles. The Bertz CT molecular complexity index is 507. The van der Waals surface area contributed by atoms with E-state index in [9.17, 15) is 18.0 Å². The molecular weight excluding hydrogens is 349 g/mol. The van der Waals surface area contributed by atoms with Crippen molar-refractivity contribution in [2.45, 2.75) is 19.0 Å². The lowest BCUT2D eigenvalue weighted by atomic mass is 9.97. The van der Waals surface area contributed by atoms with Crippen LogP contribution in [0.25, 0.3) is 0 Å². The van der Waals surface area contributed by atoms with Crippen LogP contribution >= 0.6 is 15.9 Å². The minimum absolute atomic E-state index is 0.0199. The van der Waals surface area contributed by atoms with Gasteiger partial charge in [-0.05, 0) is 47.4 Å². The molecule has 1 heterocycles. The van der Waals surface area contributed by atoms with E-state index >= 15 is 0 Å². The Morgan fingerprint density at radius 1 is 1.38 bits per heavy atom. The highest BCUT2D eigenvalue weighted by molar-refractivity contribution is 9.10. The Hall–Kier alpha value is -1.08. The Labute approximate surface area is 129 Å². The predicted octanol–water partition coefficient (Wildman–Crippen LogP) is 3.66. The molecule has 1 unspecified atom stereocenters. The topological polar surface area (TPSA) is 32.3 Å². The van der Waals surface area contributed by atoms with E-state index < -0.39 is 12.1 Å². The van der Waals surface area contributed by atoms with Gasteiger partial charge in [-0.2, -0.15) is 13.2 Å². The molecule has 1 aliphatic heterocycles. The molecule has 1 aromatic rings. The number of carbonyl (C=O) groups is 1. The third kappa shape index (κ3) is 4.71. The van der Waals surface area contributed by atoms with Crippen molar-refractivity contribution in [1.29, 1.82) is 0 Å². The van der Waals surface area contributed by atoms with Crippen molar-refractivity contribution in [3.8, 4) is 0 Å². The number of alkyl halides is 3. The van der Waals surface area contributed by atoms with Gasteiger partial charge in [-0.25, -0.2) is 0 Å². The maximum Gasteiger partial charge on any atom is 0.393 e. The summed E-state index contributed by atoms with van der Waals surface area (Å²) in [7, 11) is 0. The molecule has 1 atom stereocenters. The normalized spacial score (nSPS) is 20.3. The van der Waals surface area contributed by atoms with E-state index in [-0.39, 0.29) is 25.4 Å². The Kier molecular flexibility index (Phi) is 5.27. The van der Waals surface area contributed by atoms with Crippen LogP contribution in [0.3, 0.4) is 0 Å². The highest BCUT2D eigenvalue weighted by atomic mass is 79.9. The first-order valence-electron chi connectivity index (χ1n) is 6.69. The van der Waals surface area contributed by atoms with Gasteiger partial charge in [-0.3, -0.25) is 9.69 Å². The highest BCUT2D eigenvalue weighted by Gasteiger charge is 2.41. The largest absolute Gasteiger partial charge is 0.393 e. The molecule has 1 N–H and O–H groups in total. The van der Waals surface area contributed by atoms with Crippen molar-refractivity contribution < 1.29 is 18.0 Å². The van der Waals surface area contributed by atoms with Crippen LogP contribution in [0.2, 0.25) is 0 Å². The van der Waals surface area contributed by atoms with Crippen LogP contribution in [0.1, 0.15) is 12.8 Å². The van der Waals surface area contributed by atoms with Crippen LogP contribution < -0.4 is 5.32 Å². The summed E-state index contributed by atoms with van der Waals surface area (Å²) in [6, 6.07) is 7.12. The average molecular weight is 365 g/mol. The van der Waals surface area contributed by atoms with Gasteiger partial charge in [0.15, 0.2) is 0 Å². The second-order valence-corrected chi connectivity index (χ2v) is 6.00. The molecule has 2 rings (SSSR count). The van der Waals surface area contributed by atoms with Gasteiger partial charge in [-0.15, -0.1) is 0 Å². The fourth-order valence-electron chi connectivity index (χ4n) is 2.42. The number of halogens is 4. The molecule has 1 saturated heterocycles. The average Bonchev–Trinajstić information content (AvgIpc) is 2.41. The molecule has 0 spiro atoms. The summed E-state index contributed by atoms with van der Waals surface area (Å²) in [6.45, 7) is 0.400. The van der Waals surface area contributed by atoms with E-state index in [0.717, 1.165) is 4.47 Å². The van der Waals surface area contributed by atoms with Crippen molar-refractivity contribution in [1.82, 2.24) is 4.90 Å². The standard InChI is InChI=1S/C14H16BrF3N2O/c15-11-5-1-2-6-12(11)19-13(21)9-20-7-3-4-10(8-20)14(16,17)18/h1-2,5-6,10H,3-4,7-9H2,(H,19,21). The van der Waals surface area contributed by atoms with E-state index in [1.54, 1.807) is 23.1 Å². The molecule has 1 amide bonds. The lowest BCUT2D eigenvalue weighted by Gasteiger charge is -2.33. The van der Waals surface area contributed by atoms with Gasteiger partial charge in [0.2, 0.25) is 5.91 Å². The van der Waals surface area contributed by atoms with Crippen LogP contribution in [0.15, 0.2) is 28.7 Å². The monoisotopic (exact) mass is 364 g/mol. The number of nitrogens with zero attached hydrogens (tertiary/aromatic N) is 1. The van der Waals surface area contributed by atoms with Crippen LogP contribution in [-0.4, -0.2) is 36.6 Å². The summed E-state index contributed by atoms with van der Waals surface area (Å²) < 4.78 is 38.9. The van der Waals surface area contributed by atoms with Gasteiger partial charge in [-0.1, -0.05) is 12.1 Å². The first kappa shape index (κ1) is 16.3. The zero-order valence-corrected chi connectivity index (χ0v) is 12.9. The second kappa shape index (κ2) is 6.79. The maximum absolute atomic E-state index is 12.7. The zero-order valence-electron chi connectivity index (χ0n) is 11.3. The number of hydrogen-bond donors (Lipinski definition) is 1. The SMILES string of the molecule is O=C(CN1CCCC(C(F)(F)F)C1)Nc1ccccc1Br. The molecule has 1 aliphatic rings. The molecule has 3 nitrogen and oxygen atoms in total. The van der Waals surface area contributed by atoms with E-state index in [2.05, 4.69) is 21.2 Å². The van der Waals surface area contributed by atoms with Crippen LogP contribution in [-0.2, 0) is 4.79 Å². The summed E-state index contributed by atoms with van der Waals surface area (Å²) in [5.74, 6) is -1.63. The summed E-state index contributed by atoms with van der Waals surface area (Å²) in [4.78, 5) is 13.5. The minimum atomic E-state index is -4.18. The van der Waals surface area contributed by atoms with Gasteiger partial charge in [0.05, 0.1) is 18.2 Å². The summed E-state index contributed by atoms with van der Waals surface area (Å²) in [5, 5.41) is 2.70. The van der Waals surface area contributed by atoms with Crippen LogP contribution in [0, 0.1) is 5.92 Å². The molecule has 1 fully saturated rings. The first-order chi connectivity index (χ1) is 9.86. The second-order valence-electron chi connectivity index (χ2n) is 5.14. The number of hydrogen-bond acceptors (Lipinski definition) is 2. The molecule has 21 heavy (non-hydrogen) atoms. The van der Waals surface area contributed by atoms with Crippen LogP contribution in [0.5, 0.6) is 0 Å². The van der Waals surface area contributed by atoms with Gasteiger partial charge >= 0.3 is 6.18 Å². The molecular formula is C14H16BrF3N2O. The number of piperidine rings is 1. The molecule has 7 heteroatoms. The first-order valence-corrected chi connectivity index (χ1v) is 7.49. The van der Waals surface area contributed by atoms with Gasteiger partial charge in [0.1, 0.15) is 0 Å². The van der Waals surface area contributed by atoms with Crippen molar-refractivity contribution in [3.05, 3.63) is 28.7 Å².